The quantitative estimate of drug-likeness (QED) is 0.260. The van der Waals surface area contributed by atoms with Gasteiger partial charge in [-0.25, -0.2) is 9.59 Å². The van der Waals surface area contributed by atoms with Crippen molar-refractivity contribution >= 4 is 17.8 Å². The second kappa shape index (κ2) is 8.40. The van der Waals surface area contributed by atoms with Crippen molar-refractivity contribution in [3.8, 4) is 0 Å². The zero-order valence-electron chi connectivity index (χ0n) is 21.2. The molecule has 2 saturated carbocycles. The molecule has 0 unspecified atom stereocenters. The standard InChI is InChI=1S/C25H37NO9/c1-9-22(6)12-15(28)25(32)23(7)14(27)10-11-21(4,5)17(23)16(29)18(24(25,8)35-22)33-20(31)26-34-19(30)13(2)3/h9,14,16-18,27,29,32H,1-2,10-12H2,3-8H3,(H,26,31)/t14-,16-,17-,18-,22-,23-,24+,25-/m0/s1. The van der Waals surface area contributed by atoms with Crippen molar-refractivity contribution in [1.29, 1.82) is 0 Å². The number of amides is 1. The first kappa shape index (κ1) is 27.3. The van der Waals surface area contributed by atoms with Crippen molar-refractivity contribution in [3.63, 3.8) is 0 Å². The van der Waals surface area contributed by atoms with Crippen molar-refractivity contribution in [3.05, 3.63) is 24.8 Å². The van der Waals surface area contributed by atoms with Crippen molar-refractivity contribution in [2.75, 3.05) is 0 Å². The lowest BCUT2D eigenvalue weighted by Crippen LogP contribution is -2.86. The van der Waals surface area contributed by atoms with Gasteiger partial charge in [0.2, 0.25) is 0 Å². The Morgan fingerprint density at radius 3 is 2.34 bits per heavy atom. The Labute approximate surface area is 205 Å². The fraction of sp³-hybridized carbons (Fsp3) is 0.720. The number of rotatable bonds is 3. The smallest absolute Gasteiger partial charge is 0.438 e. The summed E-state index contributed by atoms with van der Waals surface area (Å²) in [5, 5.41) is 35.2. The molecule has 3 aliphatic rings. The highest BCUT2D eigenvalue weighted by Gasteiger charge is 2.81. The van der Waals surface area contributed by atoms with Crippen LogP contribution >= 0.6 is 0 Å². The number of ketones is 1. The first-order valence-corrected chi connectivity index (χ1v) is 11.7. The van der Waals surface area contributed by atoms with Gasteiger partial charge in [0.25, 0.3) is 0 Å². The third-order valence-electron chi connectivity index (χ3n) is 8.54. The fourth-order valence-corrected chi connectivity index (χ4v) is 6.79. The highest BCUT2D eigenvalue weighted by molar-refractivity contribution is 5.92. The normalized spacial score (nSPS) is 44.3. The van der Waals surface area contributed by atoms with E-state index in [1.165, 1.54) is 19.9 Å². The second-order valence-corrected chi connectivity index (χ2v) is 11.4. The van der Waals surface area contributed by atoms with Crippen LogP contribution in [0.4, 0.5) is 4.79 Å². The summed E-state index contributed by atoms with van der Waals surface area (Å²) in [5.74, 6) is -2.39. The summed E-state index contributed by atoms with van der Waals surface area (Å²) in [6.07, 6.45) is -3.47. The topological polar surface area (TPSA) is 152 Å². The number of fused-ring (bicyclic) bond motifs is 3. The molecule has 8 atom stereocenters. The van der Waals surface area contributed by atoms with Gasteiger partial charge in [-0.2, -0.15) is 0 Å². The molecule has 1 amide bonds. The average molecular weight is 496 g/mol. The average Bonchev–Trinajstić information content (AvgIpc) is 2.75. The first-order valence-electron chi connectivity index (χ1n) is 11.7. The van der Waals surface area contributed by atoms with Gasteiger partial charge in [0.15, 0.2) is 17.5 Å². The highest BCUT2D eigenvalue weighted by Crippen LogP contribution is 2.67. The lowest BCUT2D eigenvalue weighted by Gasteiger charge is -2.71. The van der Waals surface area contributed by atoms with E-state index in [4.69, 9.17) is 9.47 Å². The summed E-state index contributed by atoms with van der Waals surface area (Å²) in [5.41, 5.74) is -5.92. The molecule has 3 rings (SSSR count). The number of Topliss-reactive ketones (excluding diaryl/α,β-unsaturated/α-hetero) is 1. The third kappa shape index (κ3) is 3.73. The summed E-state index contributed by atoms with van der Waals surface area (Å²) < 4.78 is 11.8. The molecule has 2 aliphatic carbocycles. The van der Waals surface area contributed by atoms with Crippen LogP contribution < -0.4 is 5.48 Å². The van der Waals surface area contributed by atoms with E-state index < -0.39 is 69.7 Å². The molecule has 0 aromatic heterocycles. The molecule has 0 spiro atoms. The molecule has 0 radical (unpaired) electrons. The van der Waals surface area contributed by atoms with Crippen LogP contribution in [0, 0.1) is 16.7 Å². The van der Waals surface area contributed by atoms with Crippen LogP contribution in [0.5, 0.6) is 0 Å². The summed E-state index contributed by atoms with van der Waals surface area (Å²) in [4.78, 5) is 42.7. The third-order valence-corrected chi connectivity index (χ3v) is 8.54. The van der Waals surface area contributed by atoms with Gasteiger partial charge in [0.05, 0.1) is 17.8 Å². The van der Waals surface area contributed by atoms with Crippen LogP contribution in [0.15, 0.2) is 24.8 Å². The molecule has 0 bridgehead atoms. The summed E-state index contributed by atoms with van der Waals surface area (Å²) >= 11 is 0. The van der Waals surface area contributed by atoms with E-state index in [-0.39, 0.29) is 12.0 Å². The zero-order valence-corrected chi connectivity index (χ0v) is 21.2. The van der Waals surface area contributed by atoms with Crippen LogP contribution in [0.1, 0.15) is 60.8 Å². The maximum Gasteiger partial charge on any atom is 0.441 e. The van der Waals surface area contributed by atoms with E-state index in [2.05, 4.69) is 18.0 Å². The number of carbonyl (C=O) groups is 3. The lowest BCUT2D eigenvalue weighted by molar-refractivity contribution is -0.369. The minimum atomic E-state index is -2.34. The molecule has 1 saturated heterocycles. The number of aliphatic hydroxyl groups excluding tert-OH is 2. The van der Waals surface area contributed by atoms with Gasteiger partial charge in [-0.15, -0.1) is 12.1 Å². The highest BCUT2D eigenvalue weighted by atomic mass is 16.7. The molecule has 196 valence electrons. The summed E-state index contributed by atoms with van der Waals surface area (Å²) in [7, 11) is 0. The van der Waals surface area contributed by atoms with Crippen molar-refractivity contribution in [2.24, 2.45) is 16.7 Å². The van der Waals surface area contributed by atoms with E-state index in [0.717, 1.165) is 0 Å². The second-order valence-electron chi connectivity index (χ2n) is 11.4. The van der Waals surface area contributed by atoms with Crippen LogP contribution in [0.2, 0.25) is 0 Å². The molecule has 0 aromatic rings. The Bertz CT molecular complexity index is 963. The molecule has 0 aromatic carbocycles. The number of nitrogens with one attached hydrogen (secondary N) is 1. The monoisotopic (exact) mass is 495 g/mol. The van der Waals surface area contributed by atoms with E-state index in [1.54, 1.807) is 13.8 Å². The molecule has 3 fully saturated rings. The largest absolute Gasteiger partial charge is 0.441 e. The predicted octanol–water partition coefficient (Wildman–Crippen LogP) is 1.72. The SMILES string of the molecule is C=C[C@@]1(C)CC(=O)[C@]2(O)[C@@]3(C)[C@@H](O)CCC(C)(C)[C@@H]3[C@H](O)[C@H](OC(=O)NOC(=O)C(=C)C)[C@@]2(C)O1. The van der Waals surface area contributed by atoms with Crippen LogP contribution in [0.25, 0.3) is 0 Å². The van der Waals surface area contributed by atoms with Crippen LogP contribution in [-0.2, 0) is 23.9 Å². The molecular weight excluding hydrogens is 458 g/mol. The summed E-state index contributed by atoms with van der Waals surface area (Å²) in [6.45, 7) is 16.8. The Kier molecular flexibility index (Phi) is 6.56. The van der Waals surface area contributed by atoms with Gasteiger partial charge in [0.1, 0.15) is 5.60 Å². The Morgan fingerprint density at radius 2 is 1.80 bits per heavy atom. The van der Waals surface area contributed by atoms with Gasteiger partial charge in [-0.1, -0.05) is 33.4 Å². The molecular formula is C25H37NO9. The van der Waals surface area contributed by atoms with Crippen LogP contribution in [-0.4, -0.2) is 68.3 Å². The zero-order chi connectivity index (χ0) is 26.8. The van der Waals surface area contributed by atoms with Gasteiger partial charge in [-0.05, 0) is 39.0 Å². The number of carbonyl (C=O) groups excluding carboxylic acids is 3. The molecule has 1 heterocycles. The maximum atomic E-state index is 13.8. The maximum absolute atomic E-state index is 13.8. The summed E-state index contributed by atoms with van der Waals surface area (Å²) in [6, 6.07) is 0. The number of ether oxygens (including phenoxy) is 2. The number of hydroxylamine groups is 1. The molecule has 35 heavy (non-hydrogen) atoms. The van der Waals surface area contributed by atoms with E-state index in [0.29, 0.717) is 12.8 Å². The van der Waals surface area contributed by atoms with Crippen molar-refractivity contribution in [2.45, 2.75) is 95.9 Å². The van der Waals surface area contributed by atoms with E-state index >= 15 is 0 Å². The molecule has 1 aliphatic heterocycles. The first-order chi connectivity index (χ1) is 15.9. The van der Waals surface area contributed by atoms with Gasteiger partial charge < -0.3 is 29.6 Å². The van der Waals surface area contributed by atoms with Gasteiger partial charge in [0, 0.05) is 23.3 Å². The molecule has 4 N–H and O–H groups in total. The minimum absolute atomic E-state index is 0.0287. The van der Waals surface area contributed by atoms with E-state index in [9.17, 15) is 29.7 Å². The van der Waals surface area contributed by atoms with Crippen molar-refractivity contribution < 1.29 is 44.0 Å². The Hall–Kier alpha value is -2.27. The van der Waals surface area contributed by atoms with Gasteiger partial charge in [-0.3, -0.25) is 4.79 Å². The number of hydrogen-bond donors (Lipinski definition) is 4. The van der Waals surface area contributed by atoms with Crippen molar-refractivity contribution in [1.82, 2.24) is 5.48 Å². The lowest BCUT2D eigenvalue weighted by atomic mass is 9.40. The number of aliphatic hydroxyl groups is 3. The number of hydrogen-bond acceptors (Lipinski definition) is 9. The fourth-order valence-electron chi connectivity index (χ4n) is 6.79. The van der Waals surface area contributed by atoms with Gasteiger partial charge >= 0.3 is 12.1 Å². The molecule has 10 heteroatoms. The molecule has 10 nitrogen and oxygen atoms in total. The van der Waals surface area contributed by atoms with Crippen LogP contribution in [0.3, 0.4) is 0 Å². The Morgan fingerprint density at radius 1 is 1.20 bits per heavy atom. The minimum Gasteiger partial charge on any atom is -0.438 e. The predicted molar refractivity (Wildman–Crippen MR) is 124 cm³/mol. The Balaban J connectivity index is 2.15. The van der Waals surface area contributed by atoms with E-state index in [1.807, 2.05) is 19.3 Å².